The largest absolute Gasteiger partial charge is 0.346 e. The second kappa shape index (κ2) is 10.9. The number of piperazine rings is 1. The van der Waals surface area contributed by atoms with E-state index in [1.807, 2.05) is 37.8 Å². The third-order valence-electron chi connectivity index (χ3n) is 5.66. The molecule has 3 rings (SSSR count). The number of rotatable bonds is 7. The summed E-state index contributed by atoms with van der Waals surface area (Å²) in [6.07, 6.45) is 0. The maximum absolute atomic E-state index is 14.0. The van der Waals surface area contributed by atoms with Crippen LogP contribution in [0, 0.1) is 26.6 Å². The van der Waals surface area contributed by atoms with Crippen molar-refractivity contribution in [3.8, 4) is 0 Å². The predicted molar refractivity (Wildman–Crippen MR) is 125 cm³/mol. The molecule has 8 heteroatoms. The Labute approximate surface area is 193 Å². The summed E-state index contributed by atoms with van der Waals surface area (Å²) in [5, 5.41) is 6.01. The van der Waals surface area contributed by atoms with Crippen LogP contribution in [0.25, 0.3) is 0 Å². The highest BCUT2D eigenvalue weighted by Crippen LogP contribution is 2.22. The van der Waals surface area contributed by atoms with Gasteiger partial charge in [-0.2, -0.15) is 0 Å². The smallest absolute Gasteiger partial charge is 0.243 e. The maximum atomic E-state index is 14.0. The molecule has 0 aliphatic carbocycles. The number of carbonyl (C=O) groups is 2. The van der Waals surface area contributed by atoms with E-state index in [9.17, 15) is 14.0 Å². The van der Waals surface area contributed by atoms with Crippen LogP contribution in [0.1, 0.15) is 22.3 Å². The molecule has 1 heterocycles. The van der Waals surface area contributed by atoms with E-state index >= 15 is 0 Å². The van der Waals surface area contributed by atoms with Crippen molar-refractivity contribution in [3.63, 3.8) is 0 Å². The topological polar surface area (TPSA) is 64.7 Å². The summed E-state index contributed by atoms with van der Waals surface area (Å²) in [5.41, 5.74) is 4.43. The van der Waals surface area contributed by atoms with Gasteiger partial charge in [0, 0.05) is 49.0 Å². The second-order valence-corrected chi connectivity index (χ2v) is 8.76. The fourth-order valence-corrected chi connectivity index (χ4v) is 4.23. The summed E-state index contributed by atoms with van der Waals surface area (Å²) in [6, 6.07) is 8.74. The van der Waals surface area contributed by atoms with E-state index in [1.165, 1.54) is 6.07 Å². The van der Waals surface area contributed by atoms with E-state index in [0.29, 0.717) is 43.3 Å². The average molecular weight is 461 g/mol. The van der Waals surface area contributed by atoms with Crippen molar-refractivity contribution >= 4 is 29.1 Å². The van der Waals surface area contributed by atoms with Gasteiger partial charge >= 0.3 is 0 Å². The molecule has 6 nitrogen and oxygen atoms in total. The van der Waals surface area contributed by atoms with Crippen LogP contribution in [0.5, 0.6) is 0 Å². The lowest BCUT2D eigenvalue weighted by Gasteiger charge is -2.34. The van der Waals surface area contributed by atoms with Crippen LogP contribution < -0.4 is 10.6 Å². The monoisotopic (exact) mass is 460 g/mol. The van der Waals surface area contributed by atoms with Crippen LogP contribution >= 0.6 is 11.6 Å². The molecular formula is C24H30ClFN4O2. The molecule has 32 heavy (non-hydrogen) atoms. The summed E-state index contributed by atoms with van der Waals surface area (Å²) < 4.78 is 14.0. The predicted octanol–water partition coefficient (Wildman–Crippen LogP) is 3.28. The molecule has 1 aliphatic heterocycles. The van der Waals surface area contributed by atoms with E-state index in [4.69, 9.17) is 11.6 Å². The van der Waals surface area contributed by atoms with Crippen molar-refractivity contribution in [3.05, 3.63) is 63.4 Å². The van der Waals surface area contributed by atoms with Gasteiger partial charge < -0.3 is 10.6 Å². The van der Waals surface area contributed by atoms with Gasteiger partial charge in [-0.3, -0.25) is 19.4 Å². The Bertz CT molecular complexity index is 947. The van der Waals surface area contributed by atoms with Crippen molar-refractivity contribution in [2.24, 2.45) is 0 Å². The van der Waals surface area contributed by atoms with Gasteiger partial charge in [-0.05, 0) is 44.0 Å². The zero-order valence-electron chi connectivity index (χ0n) is 18.8. The molecule has 0 aromatic heterocycles. The molecule has 172 valence electrons. The first kappa shape index (κ1) is 24.2. The van der Waals surface area contributed by atoms with Gasteiger partial charge in [0.25, 0.3) is 0 Å². The number of anilines is 1. The number of hydrogen-bond donors (Lipinski definition) is 2. The molecule has 2 N–H and O–H groups in total. The number of halogens is 2. The number of hydrogen-bond acceptors (Lipinski definition) is 4. The summed E-state index contributed by atoms with van der Waals surface area (Å²) in [4.78, 5) is 28.7. The molecule has 1 saturated heterocycles. The van der Waals surface area contributed by atoms with Crippen molar-refractivity contribution < 1.29 is 14.0 Å². The minimum atomic E-state index is -0.298. The van der Waals surface area contributed by atoms with E-state index in [2.05, 4.69) is 15.5 Å². The third kappa shape index (κ3) is 6.51. The summed E-state index contributed by atoms with van der Waals surface area (Å²) >= 11 is 6.12. The van der Waals surface area contributed by atoms with Crippen LogP contribution in [-0.2, 0) is 16.1 Å². The highest BCUT2D eigenvalue weighted by atomic mass is 35.5. The summed E-state index contributed by atoms with van der Waals surface area (Å²) in [6.45, 7) is 9.32. The molecule has 0 spiro atoms. The molecule has 2 aromatic rings. The standard InChI is InChI=1S/C24H30ClFN4O2/c1-16-11-17(2)24(18(3)12-16)28-22(31)13-27-23(32)15-30-9-7-29(8-10-30)14-19-20(25)5-4-6-21(19)26/h4-6,11-12H,7-10,13-15H2,1-3H3,(H,27,32)(H,28,31). The minimum absolute atomic E-state index is 0.0721. The Balaban J connectivity index is 1.40. The first-order valence-corrected chi connectivity index (χ1v) is 11.1. The Hall–Kier alpha value is -2.48. The second-order valence-electron chi connectivity index (χ2n) is 8.35. The normalized spacial score (nSPS) is 14.9. The number of nitrogens with zero attached hydrogens (tertiary/aromatic N) is 2. The molecule has 0 atom stereocenters. The Morgan fingerprint density at radius 3 is 2.25 bits per heavy atom. The number of aryl methyl sites for hydroxylation is 3. The maximum Gasteiger partial charge on any atom is 0.243 e. The third-order valence-corrected chi connectivity index (χ3v) is 6.02. The van der Waals surface area contributed by atoms with Crippen molar-refractivity contribution in [1.29, 1.82) is 0 Å². The van der Waals surface area contributed by atoms with E-state index in [1.54, 1.807) is 12.1 Å². The Kier molecular flexibility index (Phi) is 8.23. The molecule has 0 bridgehead atoms. The molecule has 1 aliphatic rings. The highest BCUT2D eigenvalue weighted by molar-refractivity contribution is 6.31. The average Bonchev–Trinajstić information content (AvgIpc) is 2.73. The van der Waals surface area contributed by atoms with E-state index in [-0.39, 0.29) is 30.7 Å². The zero-order valence-corrected chi connectivity index (χ0v) is 19.6. The molecular weight excluding hydrogens is 431 g/mol. The first-order valence-electron chi connectivity index (χ1n) is 10.7. The van der Waals surface area contributed by atoms with Gasteiger partial charge in [0.15, 0.2) is 0 Å². The van der Waals surface area contributed by atoms with E-state index in [0.717, 1.165) is 22.4 Å². The lowest BCUT2D eigenvalue weighted by molar-refractivity contribution is -0.125. The Morgan fingerprint density at radius 2 is 1.62 bits per heavy atom. The number of nitrogens with one attached hydrogen (secondary N) is 2. The minimum Gasteiger partial charge on any atom is -0.346 e. The molecule has 2 aromatic carbocycles. The Morgan fingerprint density at radius 1 is 1.00 bits per heavy atom. The van der Waals surface area contributed by atoms with Crippen LogP contribution in [0.2, 0.25) is 5.02 Å². The SMILES string of the molecule is Cc1cc(C)c(NC(=O)CNC(=O)CN2CCN(Cc3c(F)cccc3Cl)CC2)c(C)c1. The van der Waals surface area contributed by atoms with Gasteiger partial charge in [-0.25, -0.2) is 4.39 Å². The van der Waals surface area contributed by atoms with Gasteiger partial charge in [0.05, 0.1) is 13.1 Å². The number of benzene rings is 2. The molecule has 0 unspecified atom stereocenters. The van der Waals surface area contributed by atoms with Crippen LogP contribution in [0.3, 0.4) is 0 Å². The van der Waals surface area contributed by atoms with Crippen molar-refractivity contribution in [2.75, 3.05) is 44.6 Å². The number of amides is 2. The van der Waals surface area contributed by atoms with Crippen LogP contribution in [0.4, 0.5) is 10.1 Å². The molecule has 0 saturated carbocycles. The molecule has 1 fully saturated rings. The zero-order chi connectivity index (χ0) is 23.3. The van der Waals surface area contributed by atoms with Gasteiger partial charge in [0.1, 0.15) is 5.82 Å². The lowest BCUT2D eigenvalue weighted by Crippen LogP contribution is -2.49. The fraction of sp³-hybridized carbons (Fsp3) is 0.417. The molecule has 2 amide bonds. The number of carbonyl (C=O) groups excluding carboxylic acids is 2. The van der Waals surface area contributed by atoms with Crippen molar-refractivity contribution in [1.82, 2.24) is 15.1 Å². The van der Waals surface area contributed by atoms with Crippen LogP contribution in [0.15, 0.2) is 30.3 Å². The first-order chi connectivity index (χ1) is 15.2. The van der Waals surface area contributed by atoms with Gasteiger partial charge in [-0.15, -0.1) is 0 Å². The summed E-state index contributed by atoms with van der Waals surface area (Å²) in [5.74, 6) is -0.739. The van der Waals surface area contributed by atoms with Crippen LogP contribution in [-0.4, -0.2) is 60.9 Å². The summed E-state index contributed by atoms with van der Waals surface area (Å²) in [7, 11) is 0. The van der Waals surface area contributed by atoms with Crippen molar-refractivity contribution in [2.45, 2.75) is 27.3 Å². The molecule has 0 radical (unpaired) electrons. The van der Waals surface area contributed by atoms with E-state index < -0.39 is 0 Å². The highest BCUT2D eigenvalue weighted by Gasteiger charge is 2.21. The fourth-order valence-electron chi connectivity index (χ4n) is 4.01. The lowest BCUT2D eigenvalue weighted by atomic mass is 10.1. The van der Waals surface area contributed by atoms with Gasteiger partial charge in [-0.1, -0.05) is 35.4 Å². The van der Waals surface area contributed by atoms with Gasteiger partial charge in [0.2, 0.25) is 11.8 Å². The quantitative estimate of drug-likeness (QED) is 0.665.